The van der Waals surface area contributed by atoms with Gasteiger partial charge in [0, 0.05) is 33.9 Å². The van der Waals surface area contributed by atoms with E-state index < -0.39 is 0 Å². The Morgan fingerprint density at radius 2 is 1.68 bits per heavy atom. The standard InChI is InChI=1S/C23H24N2O3/c1-14-6-5-11-25(13-14)15(2)23(28)24-16-9-10-19-20(12-16)22(27)18-8-4-3-7-17(18)21(19)26/h3-4,7-10,12,14-15H,5-6,11,13H2,1-2H3,(H,24,28)/p+1/t14-,15-/m0/s1. The van der Waals surface area contributed by atoms with Crippen LogP contribution in [0.4, 0.5) is 5.69 Å². The first-order valence-corrected chi connectivity index (χ1v) is 9.93. The number of piperidine rings is 1. The van der Waals surface area contributed by atoms with Crippen molar-refractivity contribution in [2.24, 2.45) is 5.92 Å². The van der Waals surface area contributed by atoms with Gasteiger partial charge in [-0.2, -0.15) is 0 Å². The zero-order chi connectivity index (χ0) is 19.8. The van der Waals surface area contributed by atoms with Crippen LogP contribution in [0, 0.1) is 5.92 Å². The number of ketones is 2. The zero-order valence-electron chi connectivity index (χ0n) is 16.2. The minimum absolute atomic E-state index is 0.0564. The van der Waals surface area contributed by atoms with E-state index in [1.54, 1.807) is 42.5 Å². The maximum Gasteiger partial charge on any atom is 0.282 e. The summed E-state index contributed by atoms with van der Waals surface area (Å²) in [6, 6.07) is 11.7. The molecule has 2 aliphatic rings. The predicted octanol–water partition coefficient (Wildman–Crippen LogP) is 2.10. The van der Waals surface area contributed by atoms with Crippen LogP contribution in [0.5, 0.6) is 0 Å². The summed E-state index contributed by atoms with van der Waals surface area (Å²) in [6.45, 7) is 6.19. The molecule has 1 amide bonds. The van der Waals surface area contributed by atoms with Crippen molar-refractivity contribution < 1.29 is 19.3 Å². The van der Waals surface area contributed by atoms with Gasteiger partial charge < -0.3 is 10.2 Å². The van der Waals surface area contributed by atoms with E-state index in [2.05, 4.69) is 12.2 Å². The van der Waals surface area contributed by atoms with E-state index in [-0.39, 0.29) is 23.5 Å². The molecule has 0 spiro atoms. The van der Waals surface area contributed by atoms with Crippen molar-refractivity contribution in [1.29, 1.82) is 0 Å². The van der Waals surface area contributed by atoms with Crippen LogP contribution in [0.15, 0.2) is 42.5 Å². The fourth-order valence-corrected chi connectivity index (χ4v) is 4.34. The normalized spacial score (nSPS) is 22.2. The summed E-state index contributed by atoms with van der Waals surface area (Å²) in [4.78, 5) is 39.6. The van der Waals surface area contributed by atoms with Gasteiger partial charge in [-0.3, -0.25) is 14.4 Å². The number of carbonyl (C=O) groups excluding carboxylic acids is 3. The summed E-state index contributed by atoms with van der Waals surface area (Å²) in [5.41, 5.74) is 2.16. The second-order valence-electron chi connectivity index (χ2n) is 8.03. The molecule has 0 saturated carbocycles. The minimum Gasteiger partial charge on any atom is -0.325 e. The van der Waals surface area contributed by atoms with Gasteiger partial charge in [-0.1, -0.05) is 31.2 Å². The molecule has 144 valence electrons. The number of nitrogens with one attached hydrogen (secondary N) is 2. The van der Waals surface area contributed by atoms with Crippen molar-refractivity contribution in [3.8, 4) is 0 Å². The Hall–Kier alpha value is -2.79. The van der Waals surface area contributed by atoms with E-state index in [0.29, 0.717) is 33.9 Å². The van der Waals surface area contributed by atoms with Gasteiger partial charge in [0.1, 0.15) is 0 Å². The molecule has 2 N–H and O–H groups in total. The first-order chi connectivity index (χ1) is 13.5. The second-order valence-corrected chi connectivity index (χ2v) is 8.03. The molecule has 1 unspecified atom stereocenters. The molecule has 0 bridgehead atoms. The smallest absolute Gasteiger partial charge is 0.282 e. The lowest BCUT2D eigenvalue weighted by atomic mass is 9.84. The van der Waals surface area contributed by atoms with Crippen LogP contribution in [-0.2, 0) is 4.79 Å². The number of hydrogen-bond donors (Lipinski definition) is 2. The van der Waals surface area contributed by atoms with Gasteiger partial charge in [0.2, 0.25) is 0 Å². The van der Waals surface area contributed by atoms with Crippen molar-refractivity contribution in [2.45, 2.75) is 32.7 Å². The number of amides is 1. The van der Waals surface area contributed by atoms with Crippen LogP contribution in [0.2, 0.25) is 0 Å². The van der Waals surface area contributed by atoms with Gasteiger partial charge in [0.25, 0.3) is 5.91 Å². The third-order valence-corrected chi connectivity index (χ3v) is 6.00. The van der Waals surface area contributed by atoms with Crippen molar-refractivity contribution in [3.05, 3.63) is 64.7 Å². The Labute approximate surface area is 164 Å². The van der Waals surface area contributed by atoms with Crippen LogP contribution >= 0.6 is 0 Å². The summed E-state index contributed by atoms with van der Waals surface area (Å²) in [5, 5.41) is 2.94. The van der Waals surface area contributed by atoms with E-state index in [9.17, 15) is 14.4 Å². The molecule has 1 saturated heterocycles. The molecule has 1 aliphatic heterocycles. The van der Waals surface area contributed by atoms with Crippen molar-refractivity contribution in [2.75, 3.05) is 18.4 Å². The van der Waals surface area contributed by atoms with Gasteiger partial charge in [0.15, 0.2) is 17.6 Å². The highest BCUT2D eigenvalue weighted by Crippen LogP contribution is 2.29. The van der Waals surface area contributed by atoms with Crippen molar-refractivity contribution in [3.63, 3.8) is 0 Å². The molecule has 3 atom stereocenters. The molecular formula is C23H25N2O3+. The molecule has 5 nitrogen and oxygen atoms in total. The molecule has 1 aliphatic carbocycles. The Morgan fingerprint density at radius 1 is 1.04 bits per heavy atom. The highest BCUT2D eigenvalue weighted by molar-refractivity contribution is 6.28. The van der Waals surface area contributed by atoms with E-state index in [1.165, 1.54) is 11.3 Å². The Morgan fingerprint density at radius 3 is 2.36 bits per heavy atom. The Balaban J connectivity index is 1.55. The molecule has 0 radical (unpaired) electrons. The molecular weight excluding hydrogens is 352 g/mol. The number of carbonyl (C=O) groups is 3. The number of hydrogen-bond acceptors (Lipinski definition) is 3. The molecule has 0 aromatic heterocycles. The molecule has 2 aromatic rings. The highest BCUT2D eigenvalue weighted by atomic mass is 16.2. The summed E-state index contributed by atoms with van der Waals surface area (Å²) in [7, 11) is 0. The van der Waals surface area contributed by atoms with E-state index >= 15 is 0 Å². The lowest BCUT2D eigenvalue weighted by Crippen LogP contribution is -3.17. The monoisotopic (exact) mass is 377 g/mol. The molecule has 5 heteroatoms. The second kappa shape index (κ2) is 7.32. The average molecular weight is 377 g/mol. The van der Waals surface area contributed by atoms with Crippen LogP contribution in [-0.4, -0.2) is 36.6 Å². The Kier molecular flexibility index (Phi) is 4.85. The van der Waals surface area contributed by atoms with Crippen molar-refractivity contribution >= 4 is 23.2 Å². The molecule has 1 fully saturated rings. The summed E-state index contributed by atoms with van der Waals surface area (Å²) in [5.74, 6) is 0.249. The summed E-state index contributed by atoms with van der Waals surface area (Å²) in [6.07, 6.45) is 2.36. The topological polar surface area (TPSA) is 67.7 Å². The highest BCUT2D eigenvalue weighted by Gasteiger charge is 2.31. The molecule has 2 aromatic carbocycles. The quantitative estimate of drug-likeness (QED) is 0.735. The summed E-state index contributed by atoms with van der Waals surface area (Å²) >= 11 is 0. The largest absolute Gasteiger partial charge is 0.325 e. The zero-order valence-corrected chi connectivity index (χ0v) is 16.2. The first kappa shape index (κ1) is 18.6. The van der Waals surface area contributed by atoms with Crippen LogP contribution in [0.1, 0.15) is 58.5 Å². The average Bonchev–Trinajstić information content (AvgIpc) is 2.71. The van der Waals surface area contributed by atoms with E-state index in [4.69, 9.17) is 0 Å². The number of fused-ring (bicyclic) bond motifs is 2. The van der Waals surface area contributed by atoms with E-state index in [1.807, 2.05) is 6.92 Å². The van der Waals surface area contributed by atoms with Crippen LogP contribution in [0.25, 0.3) is 0 Å². The number of quaternary nitrogens is 1. The number of rotatable bonds is 3. The van der Waals surface area contributed by atoms with Gasteiger partial charge in [-0.25, -0.2) is 0 Å². The van der Waals surface area contributed by atoms with Gasteiger partial charge in [-0.05, 0) is 38.0 Å². The first-order valence-electron chi connectivity index (χ1n) is 9.93. The van der Waals surface area contributed by atoms with Gasteiger partial charge in [-0.15, -0.1) is 0 Å². The molecule has 28 heavy (non-hydrogen) atoms. The lowest BCUT2D eigenvalue weighted by molar-refractivity contribution is -0.922. The fourth-order valence-electron chi connectivity index (χ4n) is 4.34. The minimum atomic E-state index is -0.176. The Bertz CT molecular complexity index is 966. The maximum absolute atomic E-state index is 12.8. The van der Waals surface area contributed by atoms with Gasteiger partial charge in [0.05, 0.1) is 13.1 Å². The third-order valence-electron chi connectivity index (χ3n) is 6.00. The van der Waals surface area contributed by atoms with Crippen LogP contribution < -0.4 is 10.2 Å². The molecule has 4 rings (SSSR count). The number of likely N-dealkylation sites (tertiary alicyclic amines) is 1. The lowest BCUT2D eigenvalue weighted by Gasteiger charge is -2.31. The molecule has 1 heterocycles. The predicted molar refractivity (Wildman–Crippen MR) is 107 cm³/mol. The van der Waals surface area contributed by atoms with Gasteiger partial charge >= 0.3 is 0 Å². The van der Waals surface area contributed by atoms with Crippen molar-refractivity contribution in [1.82, 2.24) is 0 Å². The van der Waals surface area contributed by atoms with E-state index in [0.717, 1.165) is 19.5 Å². The maximum atomic E-state index is 12.8. The fraction of sp³-hybridized carbons (Fsp3) is 0.348. The number of benzene rings is 2. The third kappa shape index (κ3) is 3.27. The van der Waals surface area contributed by atoms with Crippen LogP contribution in [0.3, 0.4) is 0 Å². The number of anilines is 1. The SMILES string of the molecule is C[C@H]1CCC[NH+]([C@@H](C)C(=O)Nc2ccc3c(c2)C(=O)c2ccccc2C3=O)C1. The summed E-state index contributed by atoms with van der Waals surface area (Å²) < 4.78 is 0.